The van der Waals surface area contributed by atoms with Crippen LogP contribution in [0.5, 0.6) is 0 Å². The van der Waals surface area contributed by atoms with Gasteiger partial charge in [0.2, 0.25) is 5.91 Å². The number of rotatable bonds is 2. The molecule has 0 bridgehead atoms. The second kappa shape index (κ2) is 4.97. The SMILES string of the molecule is CC(=O)N1[C@@H](c2ccc(F)cc2)SC[C@H]1C(=O)[O-]. The summed E-state index contributed by atoms with van der Waals surface area (Å²) >= 11 is 1.34. The number of carboxylic acids is 1. The minimum absolute atomic E-state index is 0.282. The van der Waals surface area contributed by atoms with Crippen molar-refractivity contribution < 1.29 is 19.1 Å². The fraction of sp³-hybridized carbons (Fsp3) is 0.333. The average Bonchev–Trinajstić information content (AvgIpc) is 2.74. The topological polar surface area (TPSA) is 60.4 Å². The normalized spacial score (nSPS) is 23.1. The van der Waals surface area contributed by atoms with Gasteiger partial charge in [-0.05, 0) is 17.7 Å². The van der Waals surface area contributed by atoms with E-state index in [4.69, 9.17) is 0 Å². The average molecular weight is 268 g/mol. The van der Waals surface area contributed by atoms with Crippen LogP contribution in [0.3, 0.4) is 0 Å². The van der Waals surface area contributed by atoms with Gasteiger partial charge in [0.15, 0.2) is 0 Å². The quantitative estimate of drug-likeness (QED) is 0.785. The smallest absolute Gasteiger partial charge is 0.221 e. The van der Waals surface area contributed by atoms with Crippen molar-refractivity contribution in [3.8, 4) is 0 Å². The molecule has 2 atom stereocenters. The molecule has 1 amide bonds. The molecule has 0 radical (unpaired) electrons. The maximum atomic E-state index is 12.8. The van der Waals surface area contributed by atoms with Crippen LogP contribution in [-0.2, 0) is 9.59 Å². The van der Waals surface area contributed by atoms with Crippen molar-refractivity contribution in [2.45, 2.75) is 18.3 Å². The van der Waals surface area contributed by atoms with Gasteiger partial charge >= 0.3 is 0 Å². The van der Waals surface area contributed by atoms with E-state index in [0.717, 1.165) is 0 Å². The van der Waals surface area contributed by atoms with E-state index in [1.165, 1.54) is 35.7 Å². The third kappa shape index (κ3) is 2.33. The lowest BCUT2D eigenvalue weighted by Crippen LogP contribution is -2.48. The van der Waals surface area contributed by atoms with Gasteiger partial charge in [0.05, 0.1) is 12.0 Å². The van der Waals surface area contributed by atoms with Crippen LogP contribution in [0, 0.1) is 5.82 Å². The number of hydrogen-bond acceptors (Lipinski definition) is 4. The maximum absolute atomic E-state index is 12.8. The predicted molar refractivity (Wildman–Crippen MR) is 62.9 cm³/mol. The monoisotopic (exact) mass is 268 g/mol. The van der Waals surface area contributed by atoms with E-state index in [1.807, 2.05) is 0 Å². The van der Waals surface area contributed by atoms with E-state index in [-0.39, 0.29) is 17.5 Å². The largest absolute Gasteiger partial charge is 0.548 e. The van der Waals surface area contributed by atoms with Gasteiger partial charge in [-0.25, -0.2) is 4.39 Å². The predicted octanol–water partition coefficient (Wildman–Crippen LogP) is 0.538. The number of carbonyl (C=O) groups is 2. The Bertz CT molecular complexity index is 477. The molecular weight excluding hydrogens is 257 g/mol. The highest BCUT2D eigenvalue weighted by atomic mass is 32.2. The van der Waals surface area contributed by atoms with Crippen LogP contribution < -0.4 is 5.11 Å². The lowest BCUT2D eigenvalue weighted by molar-refractivity contribution is -0.310. The third-order valence-corrected chi connectivity index (χ3v) is 4.11. The van der Waals surface area contributed by atoms with Gasteiger partial charge in [0.1, 0.15) is 11.2 Å². The summed E-state index contributed by atoms with van der Waals surface area (Å²) in [5.41, 5.74) is 0.709. The standard InChI is InChI=1S/C12H12FNO3S/c1-7(15)14-10(12(16)17)6-18-11(14)8-2-4-9(13)5-3-8/h2-5,10-11H,6H2,1H3,(H,16,17)/p-1/t10-,11+/m0/s1. The summed E-state index contributed by atoms with van der Waals surface area (Å²) in [7, 11) is 0. The fourth-order valence-corrected chi connectivity index (χ4v) is 3.42. The summed E-state index contributed by atoms with van der Waals surface area (Å²) < 4.78 is 12.8. The number of halogens is 1. The Hall–Kier alpha value is -1.56. The molecule has 1 aliphatic rings. The van der Waals surface area contributed by atoms with Crippen LogP contribution in [0.25, 0.3) is 0 Å². The van der Waals surface area contributed by atoms with Crippen LogP contribution in [0.2, 0.25) is 0 Å². The fourth-order valence-electron chi connectivity index (χ4n) is 1.96. The summed E-state index contributed by atoms with van der Waals surface area (Å²) in [6.45, 7) is 1.32. The molecule has 18 heavy (non-hydrogen) atoms. The molecule has 1 heterocycles. The lowest BCUT2D eigenvalue weighted by Gasteiger charge is -2.29. The van der Waals surface area contributed by atoms with Crippen molar-refractivity contribution in [2.75, 3.05) is 5.75 Å². The zero-order valence-electron chi connectivity index (χ0n) is 9.63. The lowest BCUT2D eigenvalue weighted by atomic mass is 10.1. The molecule has 0 aromatic heterocycles. The molecule has 0 spiro atoms. The molecular formula is C12H11FNO3S-. The summed E-state index contributed by atoms with van der Waals surface area (Å²) in [4.78, 5) is 23.8. The minimum atomic E-state index is -1.26. The van der Waals surface area contributed by atoms with Crippen LogP contribution in [-0.4, -0.2) is 28.6 Å². The second-order valence-electron chi connectivity index (χ2n) is 4.00. The summed E-state index contributed by atoms with van der Waals surface area (Å²) in [5.74, 6) is -1.68. The minimum Gasteiger partial charge on any atom is -0.548 e. The Labute approximate surface area is 108 Å². The molecule has 1 aromatic rings. The molecule has 0 saturated carbocycles. The van der Waals surface area contributed by atoms with E-state index in [0.29, 0.717) is 5.56 Å². The molecule has 0 N–H and O–H groups in total. The Morgan fingerprint density at radius 1 is 1.39 bits per heavy atom. The van der Waals surface area contributed by atoms with E-state index >= 15 is 0 Å². The number of hydrogen-bond donors (Lipinski definition) is 0. The van der Waals surface area contributed by atoms with Gasteiger partial charge < -0.3 is 14.8 Å². The van der Waals surface area contributed by atoms with Crippen LogP contribution in [0.4, 0.5) is 4.39 Å². The molecule has 1 saturated heterocycles. The first-order valence-corrected chi connectivity index (χ1v) is 6.42. The van der Waals surface area contributed by atoms with E-state index in [1.54, 1.807) is 12.1 Å². The number of amides is 1. The van der Waals surface area contributed by atoms with Crippen LogP contribution >= 0.6 is 11.8 Å². The molecule has 2 rings (SSSR count). The second-order valence-corrected chi connectivity index (χ2v) is 5.11. The molecule has 1 fully saturated rings. The van der Waals surface area contributed by atoms with Crippen LogP contribution in [0.15, 0.2) is 24.3 Å². The number of nitrogens with zero attached hydrogens (tertiary/aromatic N) is 1. The van der Waals surface area contributed by atoms with Crippen molar-refractivity contribution in [2.24, 2.45) is 0 Å². The molecule has 0 unspecified atom stereocenters. The molecule has 96 valence electrons. The maximum Gasteiger partial charge on any atom is 0.221 e. The Balaban J connectivity index is 2.30. The highest BCUT2D eigenvalue weighted by Gasteiger charge is 2.37. The molecule has 1 aliphatic heterocycles. The molecule has 0 aliphatic carbocycles. The highest BCUT2D eigenvalue weighted by Crippen LogP contribution is 2.41. The van der Waals surface area contributed by atoms with Crippen molar-refractivity contribution in [3.63, 3.8) is 0 Å². The van der Waals surface area contributed by atoms with Gasteiger partial charge in [-0.3, -0.25) is 4.79 Å². The van der Waals surface area contributed by atoms with Crippen molar-refractivity contribution in [1.82, 2.24) is 4.90 Å². The molecule has 4 nitrogen and oxygen atoms in total. The zero-order valence-corrected chi connectivity index (χ0v) is 10.4. The van der Waals surface area contributed by atoms with Gasteiger partial charge in [-0.1, -0.05) is 12.1 Å². The Morgan fingerprint density at radius 3 is 2.50 bits per heavy atom. The summed E-state index contributed by atoms with van der Waals surface area (Å²) in [5, 5.41) is 10.6. The van der Waals surface area contributed by atoms with Gasteiger partial charge in [-0.2, -0.15) is 0 Å². The first kappa shape index (κ1) is 12.9. The van der Waals surface area contributed by atoms with Gasteiger partial charge in [0, 0.05) is 12.7 Å². The van der Waals surface area contributed by atoms with Gasteiger partial charge in [0.25, 0.3) is 0 Å². The Kier molecular flexibility index (Phi) is 3.56. The highest BCUT2D eigenvalue weighted by molar-refractivity contribution is 7.99. The Morgan fingerprint density at radius 2 is 2.00 bits per heavy atom. The summed E-state index contributed by atoms with van der Waals surface area (Å²) in [6.07, 6.45) is 0. The van der Waals surface area contributed by atoms with E-state index in [2.05, 4.69) is 0 Å². The number of thioether (sulfide) groups is 1. The van der Waals surface area contributed by atoms with E-state index in [9.17, 15) is 19.1 Å². The number of carbonyl (C=O) groups excluding carboxylic acids is 2. The van der Waals surface area contributed by atoms with Crippen molar-refractivity contribution in [3.05, 3.63) is 35.6 Å². The zero-order chi connectivity index (χ0) is 13.3. The molecule has 1 aromatic carbocycles. The van der Waals surface area contributed by atoms with Crippen molar-refractivity contribution >= 4 is 23.6 Å². The molecule has 6 heteroatoms. The van der Waals surface area contributed by atoms with E-state index < -0.39 is 17.4 Å². The summed E-state index contributed by atoms with van der Waals surface area (Å²) in [6, 6.07) is 4.77. The van der Waals surface area contributed by atoms with Gasteiger partial charge in [-0.15, -0.1) is 11.8 Å². The number of aliphatic carboxylic acids is 1. The first-order valence-electron chi connectivity index (χ1n) is 5.37. The third-order valence-electron chi connectivity index (χ3n) is 2.79. The van der Waals surface area contributed by atoms with Crippen molar-refractivity contribution in [1.29, 1.82) is 0 Å². The number of carboxylic acid groups (broad SMARTS) is 1. The first-order chi connectivity index (χ1) is 8.50. The van der Waals surface area contributed by atoms with Crippen LogP contribution in [0.1, 0.15) is 17.9 Å². The number of benzene rings is 1.